The quantitative estimate of drug-likeness (QED) is 0.844. The number of carbonyl (C=O) groups is 1. The van der Waals surface area contributed by atoms with Gasteiger partial charge in [0.25, 0.3) is 0 Å². The van der Waals surface area contributed by atoms with Gasteiger partial charge in [-0.25, -0.2) is 9.18 Å². The van der Waals surface area contributed by atoms with Gasteiger partial charge in [0, 0.05) is 4.88 Å². The van der Waals surface area contributed by atoms with Crippen molar-refractivity contribution in [3.05, 3.63) is 58.0 Å². The lowest BCUT2D eigenvalue weighted by Gasteiger charge is -1.99. The summed E-state index contributed by atoms with van der Waals surface area (Å²) in [6.45, 7) is 0. The van der Waals surface area contributed by atoms with Crippen LogP contribution in [0.15, 0.2) is 41.8 Å². The molecule has 2 rings (SSSR count). The third kappa shape index (κ3) is 2.79. The van der Waals surface area contributed by atoms with Gasteiger partial charge in [0.05, 0.1) is 5.57 Å². The first-order valence-electron chi connectivity index (χ1n) is 4.91. The van der Waals surface area contributed by atoms with E-state index in [1.165, 1.54) is 29.5 Å². The summed E-state index contributed by atoms with van der Waals surface area (Å²) in [6.07, 6.45) is 1.54. The molecule has 0 atom stereocenters. The van der Waals surface area contributed by atoms with Gasteiger partial charge in [0.1, 0.15) is 5.82 Å². The summed E-state index contributed by atoms with van der Waals surface area (Å²) >= 11 is 1.36. The predicted molar refractivity (Wildman–Crippen MR) is 66.2 cm³/mol. The first kappa shape index (κ1) is 11.5. The van der Waals surface area contributed by atoms with Crippen LogP contribution < -0.4 is 0 Å². The zero-order valence-corrected chi connectivity index (χ0v) is 9.58. The van der Waals surface area contributed by atoms with Gasteiger partial charge in [-0.1, -0.05) is 18.2 Å². The average Bonchev–Trinajstić information content (AvgIpc) is 2.81. The highest BCUT2D eigenvalue weighted by Crippen LogP contribution is 2.23. The molecule has 0 fully saturated rings. The van der Waals surface area contributed by atoms with Crippen LogP contribution in [0.25, 0.3) is 11.6 Å². The number of hydrogen-bond acceptors (Lipinski definition) is 2. The standard InChI is InChI=1S/C13H9FO2S/c14-10-5-3-9(4-6-10)8-11(13(15)16)12-2-1-7-17-12/h1-8H,(H,15,16)/b11-8-. The van der Waals surface area contributed by atoms with Crippen molar-refractivity contribution in [3.8, 4) is 0 Å². The summed E-state index contributed by atoms with van der Waals surface area (Å²) in [7, 11) is 0. The number of carboxylic acid groups (broad SMARTS) is 1. The van der Waals surface area contributed by atoms with E-state index in [0.29, 0.717) is 10.4 Å². The van der Waals surface area contributed by atoms with E-state index in [2.05, 4.69) is 0 Å². The molecular formula is C13H9FO2S. The number of benzene rings is 1. The minimum Gasteiger partial charge on any atom is -0.478 e. The molecule has 0 amide bonds. The zero-order chi connectivity index (χ0) is 12.3. The summed E-state index contributed by atoms with van der Waals surface area (Å²) in [5.74, 6) is -1.33. The van der Waals surface area contributed by atoms with Crippen LogP contribution in [-0.2, 0) is 4.79 Å². The molecule has 0 saturated heterocycles. The normalized spacial score (nSPS) is 11.5. The molecule has 1 aromatic heterocycles. The van der Waals surface area contributed by atoms with Crippen molar-refractivity contribution in [3.63, 3.8) is 0 Å². The lowest BCUT2D eigenvalue weighted by molar-refractivity contribution is -0.130. The lowest BCUT2D eigenvalue weighted by Crippen LogP contribution is -1.97. The highest BCUT2D eigenvalue weighted by atomic mass is 32.1. The molecule has 0 saturated carbocycles. The van der Waals surface area contributed by atoms with E-state index in [1.54, 1.807) is 24.3 Å². The van der Waals surface area contributed by atoms with Crippen molar-refractivity contribution in [1.29, 1.82) is 0 Å². The minimum absolute atomic E-state index is 0.214. The van der Waals surface area contributed by atoms with Crippen LogP contribution in [0.5, 0.6) is 0 Å². The summed E-state index contributed by atoms with van der Waals surface area (Å²) < 4.78 is 12.7. The van der Waals surface area contributed by atoms with Crippen LogP contribution in [0, 0.1) is 5.82 Å². The molecule has 0 radical (unpaired) electrons. The van der Waals surface area contributed by atoms with E-state index < -0.39 is 5.97 Å². The van der Waals surface area contributed by atoms with Crippen molar-refractivity contribution in [1.82, 2.24) is 0 Å². The fourth-order valence-electron chi connectivity index (χ4n) is 1.40. The molecule has 0 aliphatic carbocycles. The summed E-state index contributed by atoms with van der Waals surface area (Å²) in [5.41, 5.74) is 0.879. The van der Waals surface area contributed by atoms with Crippen molar-refractivity contribution in [2.45, 2.75) is 0 Å². The maximum absolute atomic E-state index is 12.7. The third-order valence-electron chi connectivity index (χ3n) is 2.20. The van der Waals surface area contributed by atoms with E-state index in [-0.39, 0.29) is 11.4 Å². The number of carboxylic acids is 1. The molecule has 0 spiro atoms. The van der Waals surface area contributed by atoms with E-state index in [1.807, 2.05) is 5.38 Å². The summed E-state index contributed by atoms with van der Waals surface area (Å²) in [4.78, 5) is 11.8. The number of rotatable bonds is 3. The zero-order valence-electron chi connectivity index (χ0n) is 8.76. The van der Waals surface area contributed by atoms with Gasteiger partial charge in [-0.2, -0.15) is 0 Å². The number of hydrogen-bond donors (Lipinski definition) is 1. The molecule has 86 valence electrons. The first-order chi connectivity index (χ1) is 8.16. The SMILES string of the molecule is O=C(O)/C(=C\c1ccc(F)cc1)c1cccs1. The highest BCUT2D eigenvalue weighted by molar-refractivity contribution is 7.11. The van der Waals surface area contributed by atoms with Crippen LogP contribution in [0.1, 0.15) is 10.4 Å². The Bertz CT molecular complexity index is 541. The molecule has 1 aromatic carbocycles. The first-order valence-corrected chi connectivity index (χ1v) is 5.79. The Morgan fingerprint density at radius 1 is 1.24 bits per heavy atom. The van der Waals surface area contributed by atoms with Crippen LogP contribution in [0.4, 0.5) is 4.39 Å². The molecule has 0 unspecified atom stereocenters. The smallest absolute Gasteiger partial charge is 0.337 e. The Hall–Kier alpha value is -1.94. The molecule has 17 heavy (non-hydrogen) atoms. The Morgan fingerprint density at radius 2 is 1.94 bits per heavy atom. The van der Waals surface area contributed by atoms with Gasteiger partial charge < -0.3 is 5.11 Å². The van der Waals surface area contributed by atoms with Gasteiger partial charge in [0.15, 0.2) is 0 Å². The molecule has 0 aliphatic rings. The van der Waals surface area contributed by atoms with Gasteiger partial charge in [-0.05, 0) is 35.2 Å². The van der Waals surface area contributed by atoms with Crippen molar-refractivity contribution in [2.75, 3.05) is 0 Å². The number of halogens is 1. The fourth-order valence-corrected chi connectivity index (χ4v) is 2.13. The second kappa shape index (κ2) is 4.93. The maximum Gasteiger partial charge on any atom is 0.337 e. The fraction of sp³-hybridized carbons (Fsp3) is 0. The van der Waals surface area contributed by atoms with Gasteiger partial charge >= 0.3 is 5.97 Å². The molecular weight excluding hydrogens is 239 g/mol. The summed E-state index contributed by atoms with van der Waals surface area (Å²) in [5, 5.41) is 10.9. The minimum atomic E-state index is -0.989. The van der Waals surface area contributed by atoms with Gasteiger partial charge in [0.2, 0.25) is 0 Å². The predicted octanol–water partition coefficient (Wildman–Crippen LogP) is 3.51. The van der Waals surface area contributed by atoms with Crippen LogP contribution in [0.2, 0.25) is 0 Å². The summed E-state index contributed by atoms with van der Waals surface area (Å²) in [6, 6.07) is 9.24. The topological polar surface area (TPSA) is 37.3 Å². The average molecular weight is 248 g/mol. The molecule has 2 nitrogen and oxygen atoms in total. The molecule has 1 N–H and O–H groups in total. The molecule has 0 bridgehead atoms. The Labute approximate surface area is 102 Å². The van der Waals surface area contributed by atoms with Crippen LogP contribution in [-0.4, -0.2) is 11.1 Å². The second-order valence-corrected chi connectivity index (χ2v) is 4.34. The number of aliphatic carboxylic acids is 1. The van der Waals surface area contributed by atoms with Crippen molar-refractivity contribution >= 4 is 29.0 Å². The van der Waals surface area contributed by atoms with Gasteiger partial charge in [-0.3, -0.25) is 0 Å². The second-order valence-electron chi connectivity index (χ2n) is 3.39. The maximum atomic E-state index is 12.7. The van der Waals surface area contributed by atoms with E-state index in [4.69, 9.17) is 5.11 Å². The highest BCUT2D eigenvalue weighted by Gasteiger charge is 2.11. The third-order valence-corrected chi connectivity index (χ3v) is 3.10. The molecule has 0 aliphatic heterocycles. The van der Waals surface area contributed by atoms with E-state index >= 15 is 0 Å². The van der Waals surface area contributed by atoms with Crippen molar-refractivity contribution in [2.24, 2.45) is 0 Å². The van der Waals surface area contributed by atoms with Gasteiger partial charge in [-0.15, -0.1) is 11.3 Å². The monoisotopic (exact) mass is 248 g/mol. The lowest BCUT2D eigenvalue weighted by atomic mass is 10.1. The van der Waals surface area contributed by atoms with Crippen LogP contribution >= 0.6 is 11.3 Å². The number of thiophene rings is 1. The molecule has 1 heterocycles. The van der Waals surface area contributed by atoms with Crippen LogP contribution in [0.3, 0.4) is 0 Å². The Kier molecular flexibility index (Phi) is 3.35. The Morgan fingerprint density at radius 3 is 2.47 bits per heavy atom. The van der Waals surface area contributed by atoms with E-state index in [0.717, 1.165) is 0 Å². The van der Waals surface area contributed by atoms with E-state index in [9.17, 15) is 9.18 Å². The Balaban J connectivity index is 2.40. The largest absolute Gasteiger partial charge is 0.478 e. The molecule has 2 aromatic rings. The van der Waals surface area contributed by atoms with Crippen molar-refractivity contribution < 1.29 is 14.3 Å². The molecule has 4 heteroatoms.